The number of nitrogens with zero attached hydrogens (tertiary/aromatic N) is 3. The van der Waals surface area contributed by atoms with E-state index in [-0.39, 0.29) is 5.56 Å². The summed E-state index contributed by atoms with van der Waals surface area (Å²) in [6, 6.07) is 9.96. The van der Waals surface area contributed by atoms with Gasteiger partial charge < -0.3 is 4.90 Å². The molecule has 1 aliphatic carbocycles. The Morgan fingerprint density at radius 1 is 1.14 bits per heavy atom. The molecule has 2 aromatic heterocycles. The lowest BCUT2D eigenvalue weighted by molar-refractivity contribution is 0.324. The van der Waals surface area contributed by atoms with E-state index < -0.39 is 0 Å². The summed E-state index contributed by atoms with van der Waals surface area (Å²) in [5, 5.41) is 1.67. The Balaban J connectivity index is 1.79. The fourth-order valence-electron chi connectivity index (χ4n) is 3.89. The predicted molar refractivity (Wildman–Crippen MR) is 120 cm³/mol. The Kier molecular flexibility index (Phi) is 6.19. The van der Waals surface area contributed by atoms with Crippen LogP contribution in [0.2, 0.25) is 0 Å². The van der Waals surface area contributed by atoms with Gasteiger partial charge in [0, 0.05) is 17.2 Å². The standard InChI is InChI=1S/C22H27N3OS2/c1-3-24(4-2)14-15-27-22-23-20-19(17-12-8-9-13-18(17)28-20)21(26)25(22)16-10-6-5-7-11-16/h5-7,10-11H,3-4,8-9,12-15H2,1-2H3. The molecule has 0 N–H and O–H groups in total. The molecule has 0 aliphatic heterocycles. The lowest BCUT2D eigenvalue weighted by Gasteiger charge is -2.18. The van der Waals surface area contributed by atoms with E-state index >= 15 is 0 Å². The molecule has 0 atom stereocenters. The molecule has 6 heteroatoms. The van der Waals surface area contributed by atoms with Crippen LogP contribution in [0.3, 0.4) is 0 Å². The second-order valence-electron chi connectivity index (χ2n) is 7.14. The van der Waals surface area contributed by atoms with Crippen molar-refractivity contribution in [2.24, 2.45) is 0 Å². The van der Waals surface area contributed by atoms with E-state index in [1.807, 2.05) is 34.9 Å². The topological polar surface area (TPSA) is 38.1 Å². The van der Waals surface area contributed by atoms with E-state index in [0.29, 0.717) is 0 Å². The Morgan fingerprint density at radius 3 is 2.64 bits per heavy atom. The van der Waals surface area contributed by atoms with Gasteiger partial charge in [0.05, 0.1) is 11.1 Å². The minimum absolute atomic E-state index is 0.0981. The molecular formula is C22H27N3OS2. The zero-order valence-corrected chi connectivity index (χ0v) is 18.2. The molecule has 4 nitrogen and oxygen atoms in total. The number of hydrogen-bond donors (Lipinski definition) is 0. The second kappa shape index (κ2) is 8.80. The third kappa shape index (κ3) is 3.78. The maximum absolute atomic E-state index is 13.6. The van der Waals surface area contributed by atoms with E-state index in [9.17, 15) is 4.79 Å². The quantitative estimate of drug-likeness (QED) is 0.413. The molecule has 0 amide bonds. The minimum atomic E-state index is 0.0981. The lowest BCUT2D eigenvalue weighted by atomic mass is 9.97. The first kappa shape index (κ1) is 19.7. The molecule has 0 spiro atoms. The zero-order valence-electron chi connectivity index (χ0n) is 16.6. The van der Waals surface area contributed by atoms with Crippen LogP contribution < -0.4 is 5.56 Å². The fourth-order valence-corrected chi connectivity index (χ4v) is 6.21. The number of rotatable bonds is 7. The number of benzene rings is 1. The van der Waals surface area contributed by atoms with Crippen molar-refractivity contribution in [3.8, 4) is 5.69 Å². The van der Waals surface area contributed by atoms with Crippen molar-refractivity contribution in [2.75, 3.05) is 25.4 Å². The highest BCUT2D eigenvalue weighted by atomic mass is 32.2. The molecule has 148 valence electrons. The van der Waals surface area contributed by atoms with Crippen molar-refractivity contribution < 1.29 is 0 Å². The summed E-state index contributed by atoms with van der Waals surface area (Å²) < 4.78 is 1.83. The zero-order chi connectivity index (χ0) is 19.5. The minimum Gasteiger partial charge on any atom is -0.303 e. The van der Waals surface area contributed by atoms with Crippen molar-refractivity contribution >= 4 is 33.3 Å². The van der Waals surface area contributed by atoms with Gasteiger partial charge in [0.2, 0.25) is 0 Å². The molecular weight excluding hydrogens is 386 g/mol. The van der Waals surface area contributed by atoms with Crippen LogP contribution in [0.25, 0.3) is 15.9 Å². The number of fused-ring (bicyclic) bond motifs is 3. The molecule has 0 radical (unpaired) electrons. The lowest BCUT2D eigenvalue weighted by Crippen LogP contribution is -2.26. The van der Waals surface area contributed by atoms with Crippen LogP contribution in [0.5, 0.6) is 0 Å². The molecule has 1 aromatic carbocycles. The fraction of sp³-hybridized carbons (Fsp3) is 0.455. The normalized spacial score (nSPS) is 14.0. The van der Waals surface area contributed by atoms with Crippen molar-refractivity contribution in [3.05, 3.63) is 51.1 Å². The van der Waals surface area contributed by atoms with Crippen LogP contribution >= 0.6 is 23.1 Å². The monoisotopic (exact) mass is 413 g/mol. The first-order chi connectivity index (χ1) is 13.7. The van der Waals surface area contributed by atoms with Crippen LogP contribution in [-0.4, -0.2) is 39.8 Å². The van der Waals surface area contributed by atoms with E-state index in [2.05, 4.69) is 18.7 Å². The van der Waals surface area contributed by atoms with Gasteiger partial charge in [-0.1, -0.05) is 43.8 Å². The summed E-state index contributed by atoms with van der Waals surface area (Å²) in [4.78, 5) is 23.3. The van der Waals surface area contributed by atoms with E-state index in [4.69, 9.17) is 4.98 Å². The van der Waals surface area contributed by atoms with E-state index in [1.165, 1.54) is 23.3 Å². The van der Waals surface area contributed by atoms with Crippen molar-refractivity contribution in [1.82, 2.24) is 14.5 Å². The third-order valence-electron chi connectivity index (χ3n) is 5.51. The first-order valence-corrected chi connectivity index (χ1v) is 12.0. The van der Waals surface area contributed by atoms with Crippen LogP contribution in [0, 0.1) is 0 Å². The summed E-state index contributed by atoms with van der Waals surface area (Å²) in [5.41, 5.74) is 2.26. The average Bonchev–Trinajstić information content (AvgIpc) is 3.10. The van der Waals surface area contributed by atoms with E-state index in [0.717, 1.165) is 59.3 Å². The van der Waals surface area contributed by atoms with Crippen molar-refractivity contribution in [1.29, 1.82) is 0 Å². The molecule has 2 heterocycles. The molecule has 0 unspecified atom stereocenters. The Hall–Kier alpha value is -1.63. The van der Waals surface area contributed by atoms with Crippen LogP contribution in [0.4, 0.5) is 0 Å². The summed E-state index contributed by atoms with van der Waals surface area (Å²) in [7, 11) is 0. The summed E-state index contributed by atoms with van der Waals surface area (Å²) in [5.74, 6) is 0.928. The van der Waals surface area contributed by atoms with Crippen molar-refractivity contribution in [2.45, 2.75) is 44.7 Å². The number of thioether (sulfide) groups is 1. The SMILES string of the molecule is CCN(CC)CCSc1nc2sc3c(c2c(=O)n1-c1ccccc1)CCCC3. The number of para-hydroxylation sites is 1. The number of thiophene rings is 1. The van der Waals surface area contributed by atoms with Gasteiger partial charge in [-0.2, -0.15) is 0 Å². The van der Waals surface area contributed by atoms with Crippen LogP contribution in [-0.2, 0) is 12.8 Å². The second-order valence-corrected chi connectivity index (χ2v) is 9.28. The Labute approximate surface area is 174 Å². The third-order valence-corrected chi connectivity index (χ3v) is 7.61. The summed E-state index contributed by atoms with van der Waals surface area (Å²) in [6.07, 6.45) is 4.49. The highest BCUT2D eigenvalue weighted by Crippen LogP contribution is 2.35. The van der Waals surface area contributed by atoms with Gasteiger partial charge in [0.25, 0.3) is 5.56 Å². The molecule has 4 rings (SSSR count). The summed E-state index contributed by atoms with van der Waals surface area (Å²) >= 11 is 3.43. The van der Waals surface area contributed by atoms with Gasteiger partial charge in [-0.25, -0.2) is 4.98 Å². The molecule has 0 saturated carbocycles. The molecule has 1 aliphatic rings. The number of aryl methyl sites for hydroxylation is 2. The summed E-state index contributed by atoms with van der Waals surface area (Å²) in [6.45, 7) is 7.48. The Morgan fingerprint density at radius 2 is 1.89 bits per heavy atom. The Bertz CT molecular complexity index is 1010. The van der Waals surface area contributed by atoms with Gasteiger partial charge in [-0.3, -0.25) is 9.36 Å². The molecule has 0 saturated heterocycles. The van der Waals surface area contributed by atoms with Gasteiger partial charge in [-0.05, 0) is 56.5 Å². The van der Waals surface area contributed by atoms with Crippen LogP contribution in [0.1, 0.15) is 37.1 Å². The van der Waals surface area contributed by atoms with Gasteiger partial charge in [0.1, 0.15) is 4.83 Å². The predicted octanol–water partition coefficient (Wildman–Crippen LogP) is 4.76. The molecule has 3 aromatic rings. The van der Waals surface area contributed by atoms with Gasteiger partial charge in [-0.15, -0.1) is 11.3 Å². The number of hydrogen-bond acceptors (Lipinski definition) is 5. The molecule has 0 fully saturated rings. The van der Waals surface area contributed by atoms with Crippen LogP contribution in [0.15, 0.2) is 40.3 Å². The highest BCUT2D eigenvalue weighted by molar-refractivity contribution is 7.99. The van der Waals surface area contributed by atoms with E-state index in [1.54, 1.807) is 23.1 Å². The van der Waals surface area contributed by atoms with Gasteiger partial charge >= 0.3 is 0 Å². The smallest absolute Gasteiger partial charge is 0.267 e. The first-order valence-electron chi connectivity index (χ1n) is 10.2. The molecule has 28 heavy (non-hydrogen) atoms. The molecule has 0 bridgehead atoms. The van der Waals surface area contributed by atoms with Crippen molar-refractivity contribution in [3.63, 3.8) is 0 Å². The average molecular weight is 414 g/mol. The maximum atomic E-state index is 13.6. The highest BCUT2D eigenvalue weighted by Gasteiger charge is 2.22. The maximum Gasteiger partial charge on any atom is 0.267 e. The largest absolute Gasteiger partial charge is 0.303 e. The van der Waals surface area contributed by atoms with Gasteiger partial charge in [0.15, 0.2) is 5.16 Å². The number of aromatic nitrogens is 2.